The Bertz CT molecular complexity index is 746. The number of furan rings is 1. The molecule has 3 rings (SSSR count). The van der Waals surface area contributed by atoms with E-state index in [1.807, 2.05) is 0 Å². The molecular formula is C16H14Cl2N2O3. The monoisotopic (exact) mass is 352 g/mol. The summed E-state index contributed by atoms with van der Waals surface area (Å²) in [6.07, 6.45) is 1.43. The van der Waals surface area contributed by atoms with E-state index < -0.39 is 6.04 Å². The maximum Gasteiger partial charge on any atom is 0.290 e. The maximum atomic E-state index is 12.7. The first kappa shape index (κ1) is 15.9. The van der Waals surface area contributed by atoms with Gasteiger partial charge in [-0.1, -0.05) is 23.2 Å². The van der Waals surface area contributed by atoms with Crippen LogP contribution in [0.4, 0.5) is 5.69 Å². The van der Waals surface area contributed by atoms with Gasteiger partial charge in [0.15, 0.2) is 5.76 Å². The second kappa shape index (κ2) is 6.26. The molecule has 2 amide bonds. The summed E-state index contributed by atoms with van der Waals surface area (Å²) in [5.41, 5.74) is 0.595. The SMILES string of the molecule is CC1C(=O)N(c2ccc(Cl)cc2Cl)CCN1C(=O)c1ccco1. The van der Waals surface area contributed by atoms with Crippen molar-refractivity contribution in [1.82, 2.24) is 4.90 Å². The quantitative estimate of drug-likeness (QED) is 0.831. The van der Waals surface area contributed by atoms with Crippen LogP contribution in [0.15, 0.2) is 41.0 Å². The lowest BCUT2D eigenvalue weighted by molar-refractivity contribution is -0.124. The van der Waals surface area contributed by atoms with E-state index in [1.54, 1.807) is 42.2 Å². The zero-order valence-corrected chi connectivity index (χ0v) is 13.8. The van der Waals surface area contributed by atoms with Crippen LogP contribution in [0.1, 0.15) is 17.5 Å². The highest BCUT2D eigenvalue weighted by Crippen LogP contribution is 2.31. The van der Waals surface area contributed by atoms with Crippen LogP contribution in [0.2, 0.25) is 10.0 Å². The van der Waals surface area contributed by atoms with Gasteiger partial charge in [-0.3, -0.25) is 9.59 Å². The molecule has 1 aromatic heterocycles. The van der Waals surface area contributed by atoms with Crippen molar-refractivity contribution < 1.29 is 14.0 Å². The number of hydrogen-bond donors (Lipinski definition) is 0. The normalized spacial score (nSPS) is 18.4. The van der Waals surface area contributed by atoms with Crippen LogP contribution in [0.3, 0.4) is 0 Å². The van der Waals surface area contributed by atoms with Crippen LogP contribution in [-0.2, 0) is 4.79 Å². The molecular weight excluding hydrogens is 339 g/mol. The minimum absolute atomic E-state index is 0.194. The van der Waals surface area contributed by atoms with Crippen molar-refractivity contribution in [2.75, 3.05) is 18.0 Å². The summed E-state index contributed by atoms with van der Waals surface area (Å²) in [7, 11) is 0. The van der Waals surface area contributed by atoms with E-state index in [1.165, 1.54) is 11.2 Å². The number of halogens is 2. The fraction of sp³-hybridized carbons (Fsp3) is 0.250. The molecule has 0 N–H and O–H groups in total. The standard InChI is InChI=1S/C16H14Cl2N2O3/c1-10-15(21)20(13-5-4-11(17)9-12(13)18)7-6-19(10)16(22)14-3-2-8-23-14/h2-5,8-10H,6-7H2,1H3. The van der Waals surface area contributed by atoms with Crippen LogP contribution >= 0.6 is 23.2 Å². The van der Waals surface area contributed by atoms with Gasteiger partial charge in [0.2, 0.25) is 5.91 Å². The van der Waals surface area contributed by atoms with Crippen molar-refractivity contribution in [2.45, 2.75) is 13.0 Å². The Hall–Kier alpha value is -1.98. The van der Waals surface area contributed by atoms with Crippen molar-refractivity contribution >= 4 is 40.7 Å². The first-order chi connectivity index (χ1) is 11.0. The molecule has 1 unspecified atom stereocenters. The number of benzene rings is 1. The third kappa shape index (κ3) is 2.94. The largest absolute Gasteiger partial charge is 0.459 e. The molecule has 23 heavy (non-hydrogen) atoms. The van der Waals surface area contributed by atoms with Gasteiger partial charge in [-0.15, -0.1) is 0 Å². The van der Waals surface area contributed by atoms with Gasteiger partial charge in [-0.2, -0.15) is 0 Å². The van der Waals surface area contributed by atoms with Gasteiger partial charge in [0, 0.05) is 18.1 Å². The Balaban J connectivity index is 1.82. The summed E-state index contributed by atoms with van der Waals surface area (Å²) >= 11 is 12.1. The average Bonchev–Trinajstić information content (AvgIpc) is 3.04. The predicted molar refractivity (Wildman–Crippen MR) is 88.0 cm³/mol. The number of carbonyl (C=O) groups excluding carboxylic acids is 2. The molecule has 120 valence electrons. The molecule has 2 heterocycles. The Morgan fingerprint density at radius 2 is 2.04 bits per heavy atom. The van der Waals surface area contributed by atoms with E-state index in [-0.39, 0.29) is 17.6 Å². The summed E-state index contributed by atoms with van der Waals surface area (Å²) in [6, 6.07) is 7.61. The highest BCUT2D eigenvalue weighted by atomic mass is 35.5. The lowest BCUT2D eigenvalue weighted by Crippen LogP contribution is -2.57. The Morgan fingerprint density at radius 1 is 1.26 bits per heavy atom. The van der Waals surface area contributed by atoms with Gasteiger partial charge in [0.05, 0.1) is 17.0 Å². The zero-order chi connectivity index (χ0) is 16.6. The summed E-state index contributed by atoms with van der Waals surface area (Å²) < 4.78 is 5.12. The van der Waals surface area contributed by atoms with Gasteiger partial charge in [-0.05, 0) is 37.3 Å². The highest BCUT2D eigenvalue weighted by molar-refractivity contribution is 6.36. The van der Waals surface area contributed by atoms with Crippen molar-refractivity contribution in [3.05, 3.63) is 52.4 Å². The molecule has 0 bridgehead atoms. The molecule has 7 heteroatoms. The molecule has 0 spiro atoms. The van der Waals surface area contributed by atoms with Crippen molar-refractivity contribution in [3.8, 4) is 0 Å². The number of rotatable bonds is 2. The van der Waals surface area contributed by atoms with E-state index in [9.17, 15) is 9.59 Å². The maximum absolute atomic E-state index is 12.7. The molecule has 1 saturated heterocycles. The van der Waals surface area contributed by atoms with Crippen molar-refractivity contribution in [3.63, 3.8) is 0 Å². The average molecular weight is 353 g/mol. The topological polar surface area (TPSA) is 53.8 Å². The number of nitrogens with zero attached hydrogens (tertiary/aromatic N) is 2. The first-order valence-electron chi connectivity index (χ1n) is 7.10. The number of amides is 2. The fourth-order valence-corrected chi connectivity index (χ4v) is 3.14. The first-order valence-corrected chi connectivity index (χ1v) is 7.85. The van der Waals surface area contributed by atoms with Crippen LogP contribution < -0.4 is 4.90 Å². The van der Waals surface area contributed by atoms with Gasteiger partial charge in [0.25, 0.3) is 5.91 Å². The predicted octanol–water partition coefficient (Wildman–Crippen LogP) is 3.46. The molecule has 5 nitrogen and oxygen atoms in total. The second-order valence-electron chi connectivity index (χ2n) is 5.24. The molecule has 0 aliphatic carbocycles. The third-order valence-electron chi connectivity index (χ3n) is 3.85. The molecule has 0 radical (unpaired) electrons. The molecule has 1 aromatic carbocycles. The fourth-order valence-electron chi connectivity index (χ4n) is 2.63. The van der Waals surface area contributed by atoms with Crippen LogP contribution in [-0.4, -0.2) is 35.8 Å². The number of hydrogen-bond acceptors (Lipinski definition) is 3. The molecule has 1 aliphatic heterocycles. The number of piperazine rings is 1. The Kier molecular flexibility index (Phi) is 4.33. The highest BCUT2D eigenvalue weighted by Gasteiger charge is 2.36. The van der Waals surface area contributed by atoms with E-state index in [2.05, 4.69) is 0 Å². The summed E-state index contributed by atoms with van der Waals surface area (Å²) in [6.45, 7) is 2.45. The lowest BCUT2D eigenvalue weighted by Gasteiger charge is -2.39. The minimum atomic E-state index is -0.604. The summed E-state index contributed by atoms with van der Waals surface area (Å²) in [5.74, 6) is -0.263. The summed E-state index contributed by atoms with van der Waals surface area (Å²) in [5, 5.41) is 0.912. The van der Waals surface area contributed by atoms with Crippen LogP contribution in [0.5, 0.6) is 0 Å². The molecule has 1 aliphatic rings. The molecule has 1 atom stereocenters. The van der Waals surface area contributed by atoms with E-state index >= 15 is 0 Å². The Labute approximate surface area is 143 Å². The van der Waals surface area contributed by atoms with E-state index in [0.29, 0.717) is 28.8 Å². The molecule has 2 aromatic rings. The zero-order valence-electron chi connectivity index (χ0n) is 12.3. The van der Waals surface area contributed by atoms with Crippen molar-refractivity contribution in [1.29, 1.82) is 0 Å². The van der Waals surface area contributed by atoms with E-state index in [4.69, 9.17) is 27.6 Å². The number of anilines is 1. The van der Waals surface area contributed by atoms with E-state index in [0.717, 1.165) is 0 Å². The van der Waals surface area contributed by atoms with Crippen LogP contribution in [0.25, 0.3) is 0 Å². The smallest absolute Gasteiger partial charge is 0.290 e. The minimum Gasteiger partial charge on any atom is -0.459 e. The molecule has 0 saturated carbocycles. The van der Waals surface area contributed by atoms with Gasteiger partial charge in [-0.25, -0.2) is 0 Å². The third-order valence-corrected chi connectivity index (χ3v) is 4.39. The molecule has 1 fully saturated rings. The van der Waals surface area contributed by atoms with Gasteiger partial charge >= 0.3 is 0 Å². The lowest BCUT2D eigenvalue weighted by atomic mass is 10.1. The van der Waals surface area contributed by atoms with Gasteiger partial charge < -0.3 is 14.2 Å². The van der Waals surface area contributed by atoms with Crippen molar-refractivity contribution in [2.24, 2.45) is 0 Å². The summed E-state index contributed by atoms with van der Waals surface area (Å²) in [4.78, 5) is 28.1. The number of carbonyl (C=O) groups is 2. The Morgan fingerprint density at radius 3 is 2.70 bits per heavy atom. The van der Waals surface area contributed by atoms with Gasteiger partial charge in [0.1, 0.15) is 6.04 Å². The second-order valence-corrected chi connectivity index (χ2v) is 6.08. The van der Waals surface area contributed by atoms with Crippen LogP contribution in [0, 0.1) is 0 Å².